The molecule has 0 atom stereocenters. The monoisotopic (exact) mass is 356 g/mol. The van der Waals surface area contributed by atoms with E-state index in [0.29, 0.717) is 10.7 Å². The van der Waals surface area contributed by atoms with Gasteiger partial charge in [-0.15, -0.1) is 10.2 Å². The highest BCUT2D eigenvalue weighted by atomic mass is 32.2. The number of nitrogens with zero attached hydrogens (tertiary/aromatic N) is 4. The smallest absolute Gasteiger partial charge is 0.258 e. The van der Waals surface area contributed by atoms with Crippen LogP contribution in [-0.2, 0) is 5.75 Å². The lowest BCUT2D eigenvalue weighted by atomic mass is 10.2. The fourth-order valence-electron chi connectivity index (χ4n) is 1.92. The van der Waals surface area contributed by atoms with Crippen molar-refractivity contribution in [3.63, 3.8) is 0 Å². The summed E-state index contributed by atoms with van der Waals surface area (Å²) in [7, 11) is 0. The highest BCUT2D eigenvalue weighted by molar-refractivity contribution is 8.00. The van der Waals surface area contributed by atoms with Gasteiger partial charge in [0.25, 0.3) is 5.69 Å². The van der Waals surface area contributed by atoms with Crippen LogP contribution in [0.2, 0.25) is 0 Å². The Hall–Kier alpha value is -2.58. The third-order valence-corrected chi connectivity index (χ3v) is 5.08. The summed E-state index contributed by atoms with van der Waals surface area (Å²) in [6.07, 6.45) is 1.45. The van der Waals surface area contributed by atoms with E-state index in [0.717, 1.165) is 10.1 Å². The van der Waals surface area contributed by atoms with Crippen LogP contribution in [-0.4, -0.2) is 21.3 Å². The van der Waals surface area contributed by atoms with Crippen molar-refractivity contribution in [1.82, 2.24) is 10.2 Å². The predicted molar refractivity (Wildman–Crippen MR) is 96.3 cm³/mol. The summed E-state index contributed by atoms with van der Waals surface area (Å²) < 4.78 is 0.813. The molecule has 0 amide bonds. The second kappa shape index (κ2) is 7.80. The number of aromatic nitrogens is 2. The standard InChI is InChI=1S/C16H12N4O2S2/c21-20(22)14-9-5-4-8-13(14)10-17-15-18-19-16(24-15)23-11-12-6-2-1-3-7-12/h1-10H,11H2/b17-10+. The molecule has 1 heterocycles. The fourth-order valence-corrected chi connectivity index (χ4v) is 3.56. The molecule has 0 N–H and O–H groups in total. The molecule has 120 valence electrons. The Labute approximate surface area is 146 Å². The van der Waals surface area contributed by atoms with Gasteiger partial charge in [0.2, 0.25) is 5.13 Å². The number of hydrogen-bond donors (Lipinski definition) is 0. The molecule has 2 aromatic carbocycles. The maximum absolute atomic E-state index is 11.0. The van der Waals surface area contributed by atoms with Gasteiger partial charge in [0.15, 0.2) is 4.34 Å². The first-order valence-electron chi connectivity index (χ1n) is 7.00. The Morgan fingerprint density at radius 2 is 1.88 bits per heavy atom. The van der Waals surface area contributed by atoms with Gasteiger partial charge >= 0.3 is 0 Å². The van der Waals surface area contributed by atoms with Gasteiger partial charge in [-0.25, -0.2) is 4.99 Å². The van der Waals surface area contributed by atoms with Crippen molar-refractivity contribution in [3.8, 4) is 0 Å². The zero-order valence-corrected chi connectivity index (χ0v) is 14.0. The average Bonchev–Trinajstić information content (AvgIpc) is 3.07. The summed E-state index contributed by atoms with van der Waals surface area (Å²) in [5.41, 5.74) is 1.67. The molecular weight excluding hydrogens is 344 g/mol. The van der Waals surface area contributed by atoms with Crippen molar-refractivity contribution in [3.05, 3.63) is 75.8 Å². The number of rotatable bonds is 6. The third-order valence-electron chi connectivity index (χ3n) is 3.05. The van der Waals surface area contributed by atoms with Crippen LogP contribution in [0.4, 0.5) is 10.8 Å². The van der Waals surface area contributed by atoms with Crippen LogP contribution in [0.3, 0.4) is 0 Å². The molecule has 0 bridgehead atoms. The fraction of sp³-hybridized carbons (Fsp3) is 0.0625. The number of thioether (sulfide) groups is 1. The van der Waals surface area contributed by atoms with Gasteiger partial charge in [-0.2, -0.15) is 0 Å². The number of benzene rings is 2. The van der Waals surface area contributed by atoms with Crippen LogP contribution in [0.1, 0.15) is 11.1 Å². The minimum atomic E-state index is -0.428. The van der Waals surface area contributed by atoms with Crippen LogP contribution in [0.5, 0.6) is 0 Å². The number of nitro benzene ring substituents is 1. The van der Waals surface area contributed by atoms with Crippen LogP contribution in [0.25, 0.3) is 0 Å². The topological polar surface area (TPSA) is 81.3 Å². The Balaban J connectivity index is 1.67. The quantitative estimate of drug-likeness (QED) is 0.281. The Kier molecular flexibility index (Phi) is 5.29. The number of para-hydroxylation sites is 1. The van der Waals surface area contributed by atoms with E-state index in [1.807, 2.05) is 18.2 Å². The molecule has 0 aliphatic heterocycles. The van der Waals surface area contributed by atoms with Crippen molar-refractivity contribution in [2.75, 3.05) is 0 Å². The van der Waals surface area contributed by atoms with Gasteiger partial charge in [0.05, 0.1) is 10.5 Å². The largest absolute Gasteiger partial charge is 0.278 e. The van der Waals surface area contributed by atoms with Gasteiger partial charge in [0.1, 0.15) is 0 Å². The molecule has 6 nitrogen and oxygen atoms in total. The zero-order chi connectivity index (χ0) is 16.8. The van der Waals surface area contributed by atoms with Gasteiger partial charge < -0.3 is 0 Å². The second-order valence-electron chi connectivity index (χ2n) is 4.70. The van der Waals surface area contributed by atoms with Crippen molar-refractivity contribution >= 4 is 40.1 Å². The summed E-state index contributed by atoms with van der Waals surface area (Å²) in [5, 5.41) is 19.5. The highest BCUT2D eigenvalue weighted by Gasteiger charge is 2.10. The first-order valence-corrected chi connectivity index (χ1v) is 8.80. The molecule has 1 aromatic heterocycles. The summed E-state index contributed by atoms with van der Waals surface area (Å²) >= 11 is 2.95. The molecule has 3 rings (SSSR count). The summed E-state index contributed by atoms with van der Waals surface area (Å²) in [4.78, 5) is 14.7. The minimum absolute atomic E-state index is 0.0180. The van der Waals surface area contributed by atoms with Crippen molar-refractivity contribution in [2.24, 2.45) is 4.99 Å². The van der Waals surface area contributed by atoms with Crippen LogP contribution >= 0.6 is 23.1 Å². The van der Waals surface area contributed by atoms with Gasteiger partial charge in [0, 0.05) is 18.0 Å². The molecule has 0 spiro atoms. The van der Waals surface area contributed by atoms with Crippen molar-refractivity contribution < 1.29 is 4.92 Å². The molecule has 8 heteroatoms. The van der Waals surface area contributed by atoms with Gasteiger partial charge in [-0.3, -0.25) is 10.1 Å². The number of aliphatic imine (C=N–C) groups is 1. The molecule has 0 fully saturated rings. The lowest BCUT2D eigenvalue weighted by Crippen LogP contribution is -1.93. The zero-order valence-electron chi connectivity index (χ0n) is 12.4. The molecule has 0 unspecified atom stereocenters. The van der Waals surface area contributed by atoms with Gasteiger partial charge in [-0.05, 0) is 11.6 Å². The normalized spacial score (nSPS) is 11.0. The average molecular weight is 356 g/mol. The SMILES string of the molecule is O=[N+]([O-])c1ccccc1/C=N/c1nnc(SCc2ccccc2)s1. The van der Waals surface area contributed by atoms with Gasteiger partial charge in [-0.1, -0.05) is 65.6 Å². The summed E-state index contributed by atoms with van der Waals surface area (Å²) in [5.74, 6) is 0.809. The molecule has 0 aliphatic carbocycles. The Bertz CT molecular complexity index is 865. The molecule has 24 heavy (non-hydrogen) atoms. The molecule has 3 aromatic rings. The van der Waals surface area contributed by atoms with E-state index < -0.39 is 4.92 Å². The van der Waals surface area contributed by atoms with E-state index in [4.69, 9.17) is 0 Å². The number of hydrogen-bond acceptors (Lipinski definition) is 7. The predicted octanol–water partition coefficient (Wildman–Crippen LogP) is 4.49. The minimum Gasteiger partial charge on any atom is -0.258 e. The first-order chi connectivity index (χ1) is 11.7. The lowest BCUT2D eigenvalue weighted by molar-refractivity contribution is -0.385. The Morgan fingerprint density at radius 3 is 2.67 bits per heavy atom. The highest BCUT2D eigenvalue weighted by Crippen LogP contribution is 2.29. The maximum Gasteiger partial charge on any atom is 0.278 e. The van der Waals surface area contributed by atoms with Crippen LogP contribution in [0.15, 0.2) is 63.9 Å². The van der Waals surface area contributed by atoms with E-state index in [9.17, 15) is 10.1 Å². The lowest BCUT2D eigenvalue weighted by Gasteiger charge is -1.96. The van der Waals surface area contributed by atoms with Crippen LogP contribution in [0, 0.1) is 10.1 Å². The first kappa shape index (κ1) is 16.3. The summed E-state index contributed by atoms with van der Waals surface area (Å²) in [6, 6.07) is 16.5. The molecule has 0 radical (unpaired) electrons. The molecule has 0 aliphatic rings. The summed E-state index contributed by atoms with van der Waals surface area (Å²) in [6.45, 7) is 0. The third kappa shape index (κ3) is 4.24. The second-order valence-corrected chi connectivity index (χ2v) is 6.88. The van der Waals surface area contributed by atoms with E-state index in [-0.39, 0.29) is 5.69 Å². The Morgan fingerprint density at radius 1 is 1.12 bits per heavy atom. The molecular formula is C16H12N4O2S2. The van der Waals surface area contributed by atoms with E-state index in [1.165, 1.54) is 29.2 Å². The molecule has 0 saturated carbocycles. The van der Waals surface area contributed by atoms with E-state index in [1.54, 1.807) is 30.0 Å². The van der Waals surface area contributed by atoms with Crippen LogP contribution < -0.4 is 0 Å². The van der Waals surface area contributed by atoms with Crippen molar-refractivity contribution in [1.29, 1.82) is 0 Å². The number of nitro groups is 1. The maximum atomic E-state index is 11.0. The van der Waals surface area contributed by atoms with E-state index in [2.05, 4.69) is 27.3 Å². The van der Waals surface area contributed by atoms with Crippen molar-refractivity contribution in [2.45, 2.75) is 10.1 Å². The van der Waals surface area contributed by atoms with E-state index >= 15 is 0 Å². The molecule has 0 saturated heterocycles.